The fourth-order valence-electron chi connectivity index (χ4n) is 1.48. The van der Waals surface area contributed by atoms with Crippen LogP contribution in [-0.4, -0.2) is 27.1 Å². The third-order valence-corrected chi connectivity index (χ3v) is 2.31. The van der Waals surface area contributed by atoms with E-state index >= 15 is 0 Å². The number of hydrogen-bond donors (Lipinski definition) is 2. The first-order valence-corrected chi connectivity index (χ1v) is 4.85. The number of hydrogen-bond acceptors (Lipinski definition) is 4. The molecule has 2 rings (SSSR count). The fraction of sp³-hybridized carbons (Fsp3) is 0.182. The Bertz CT molecular complexity index is 527. The molecule has 5 nitrogen and oxygen atoms in total. The van der Waals surface area contributed by atoms with Gasteiger partial charge < -0.3 is 10.8 Å². The Kier molecular flexibility index (Phi) is 2.78. The van der Waals surface area contributed by atoms with Gasteiger partial charge in [-0.15, -0.1) is 0 Å². The van der Waals surface area contributed by atoms with E-state index in [1.807, 2.05) is 18.2 Å². The number of nitrogens with two attached hydrogens (primary N) is 1. The number of carboxylic acids is 1. The molecule has 0 aliphatic carbocycles. The molecule has 0 radical (unpaired) electrons. The maximum absolute atomic E-state index is 10.6. The van der Waals surface area contributed by atoms with Crippen molar-refractivity contribution in [3.8, 4) is 0 Å². The Morgan fingerprint density at radius 1 is 1.31 bits per heavy atom. The van der Waals surface area contributed by atoms with Crippen LogP contribution in [0.15, 0.2) is 30.6 Å². The van der Waals surface area contributed by atoms with Crippen LogP contribution in [0, 0.1) is 0 Å². The molecule has 1 aromatic heterocycles. The van der Waals surface area contributed by atoms with Gasteiger partial charge in [-0.3, -0.25) is 14.8 Å². The lowest BCUT2D eigenvalue weighted by Crippen LogP contribution is -2.32. The van der Waals surface area contributed by atoms with E-state index in [1.165, 1.54) is 0 Å². The predicted molar refractivity (Wildman–Crippen MR) is 58.9 cm³/mol. The summed E-state index contributed by atoms with van der Waals surface area (Å²) in [6.07, 6.45) is 3.51. The van der Waals surface area contributed by atoms with Gasteiger partial charge in [0, 0.05) is 12.4 Å². The number of rotatable bonds is 3. The second kappa shape index (κ2) is 4.24. The van der Waals surface area contributed by atoms with Gasteiger partial charge in [-0.2, -0.15) is 0 Å². The molecule has 0 saturated heterocycles. The van der Waals surface area contributed by atoms with Crippen molar-refractivity contribution in [1.29, 1.82) is 0 Å². The first-order chi connectivity index (χ1) is 7.66. The molecule has 0 unspecified atom stereocenters. The zero-order valence-corrected chi connectivity index (χ0v) is 8.50. The molecule has 1 heterocycles. The maximum Gasteiger partial charge on any atom is 0.320 e. The standard InChI is InChI=1S/C11H11N3O2/c12-8(11(15)16)5-7-1-2-9-10(6-7)14-4-3-13-9/h1-4,6,8H,5,12H2,(H,15,16)/t8-/m0/s1. The minimum Gasteiger partial charge on any atom is -0.480 e. The lowest BCUT2D eigenvalue weighted by molar-refractivity contribution is -0.138. The largest absolute Gasteiger partial charge is 0.480 e. The van der Waals surface area contributed by atoms with Crippen LogP contribution in [0.4, 0.5) is 0 Å². The highest BCUT2D eigenvalue weighted by molar-refractivity contribution is 5.76. The molecular formula is C11H11N3O2. The maximum atomic E-state index is 10.6. The molecule has 0 bridgehead atoms. The van der Waals surface area contributed by atoms with E-state index in [-0.39, 0.29) is 0 Å². The number of carboxylic acid groups (broad SMARTS) is 1. The third kappa shape index (κ3) is 2.14. The number of aromatic nitrogens is 2. The molecule has 0 aliphatic heterocycles. The summed E-state index contributed by atoms with van der Waals surface area (Å²) in [5.41, 5.74) is 7.84. The average molecular weight is 217 g/mol. The van der Waals surface area contributed by atoms with Gasteiger partial charge in [0.05, 0.1) is 11.0 Å². The Morgan fingerprint density at radius 2 is 2.00 bits per heavy atom. The molecule has 82 valence electrons. The highest BCUT2D eigenvalue weighted by Gasteiger charge is 2.12. The highest BCUT2D eigenvalue weighted by atomic mass is 16.4. The van der Waals surface area contributed by atoms with Crippen molar-refractivity contribution < 1.29 is 9.90 Å². The van der Waals surface area contributed by atoms with Crippen molar-refractivity contribution >= 4 is 17.0 Å². The smallest absolute Gasteiger partial charge is 0.320 e. The summed E-state index contributed by atoms with van der Waals surface area (Å²) >= 11 is 0. The van der Waals surface area contributed by atoms with Crippen molar-refractivity contribution in [3.63, 3.8) is 0 Å². The van der Waals surface area contributed by atoms with Crippen LogP contribution in [0.1, 0.15) is 5.56 Å². The minimum absolute atomic E-state index is 0.293. The normalized spacial score (nSPS) is 12.6. The van der Waals surface area contributed by atoms with Gasteiger partial charge in [0.1, 0.15) is 6.04 Å². The van der Waals surface area contributed by atoms with Crippen LogP contribution in [-0.2, 0) is 11.2 Å². The molecule has 0 fully saturated rings. The van der Waals surface area contributed by atoms with Crippen molar-refractivity contribution in [2.24, 2.45) is 5.73 Å². The Balaban J connectivity index is 2.29. The SMILES string of the molecule is N[C@@H](Cc1ccc2nccnc2c1)C(=O)O. The molecule has 1 aromatic carbocycles. The highest BCUT2D eigenvalue weighted by Crippen LogP contribution is 2.12. The summed E-state index contributed by atoms with van der Waals surface area (Å²) in [5.74, 6) is -1.00. The monoisotopic (exact) mass is 217 g/mol. The summed E-state index contributed by atoms with van der Waals surface area (Å²) in [4.78, 5) is 18.9. The van der Waals surface area contributed by atoms with Gasteiger partial charge in [-0.1, -0.05) is 6.07 Å². The summed E-state index contributed by atoms with van der Waals surface area (Å²) in [5, 5.41) is 8.70. The third-order valence-electron chi connectivity index (χ3n) is 2.31. The Labute approximate surface area is 91.9 Å². The average Bonchev–Trinajstić information content (AvgIpc) is 2.28. The van der Waals surface area contributed by atoms with E-state index < -0.39 is 12.0 Å². The topological polar surface area (TPSA) is 89.1 Å². The van der Waals surface area contributed by atoms with Crippen molar-refractivity contribution in [1.82, 2.24) is 9.97 Å². The number of carbonyl (C=O) groups is 1. The van der Waals surface area contributed by atoms with Gasteiger partial charge in [0.2, 0.25) is 0 Å². The Hall–Kier alpha value is -2.01. The van der Waals surface area contributed by atoms with Crippen LogP contribution in [0.3, 0.4) is 0 Å². The van der Waals surface area contributed by atoms with E-state index in [4.69, 9.17) is 10.8 Å². The van der Waals surface area contributed by atoms with Crippen LogP contribution < -0.4 is 5.73 Å². The predicted octanol–water partition coefficient (Wildman–Crippen LogP) is 0.584. The van der Waals surface area contributed by atoms with E-state index in [0.717, 1.165) is 16.6 Å². The van der Waals surface area contributed by atoms with Crippen LogP contribution in [0.25, 0.3) is 11.0 Å². The molecule has 0 aliphatic rings. The van der Waals surface area contributed by atoms with Gasteiger partial charge >= 0.3 is 5.97 Å². The molecule has 5 heteroatoms. The molecular weight excluding hydrogens is 206 g/mol. The van der Waals surface area contributed by atoms with Crippen molar-refractivity contribution in [3.05, 3.63) is 36.2 Å². The number of benzene rings is 1. The summed E-state index contributed by atoms with van der Waals surface area (Å²) in [7, 11) is 0. The molecule has 3 N–H and O–H groups in total. The van der Waals surface area contributed by atoms with E-state index in [0.29, 0.717) is 6.42 Å². The number of aliphatic carboxylic acids is 1. The Morgan fingerprint density at radius 3 is 2.69 bits per heavy atom. The van der Waals surface area contributed by atoms with Crippen LogP contribution in [0.2, 0.25) is 0 Å². The summed E-state index contributed by atoms with van der Waals surface area (Å²) in [6.45, 7) is 0. The first-order valence-electron chi connectivity index (χ1n) is 4.85. The summed E-state index contributed by atoms with van der Waals surface area (Å²) < 4.78 is 0. The van der Waals surface area contributed by atoms with Crippen LogP contribution >= 0.6 is 0 Å². The second-order valence-corrected chi connectivity index (χ2v) is 3.53. The lowest BCUT2D eigenvalue weighted by Gasteiger charge is -2.06. The van der Waals surface area contributed by atoms with E-state index in [1.54, 1.807) is 12.4 Å². The molecule has 2 aromatic rings. The fourth-order valence-corrected chi connectivity index (χ4v) is 1.48. The summed E-state index contributed by atoms with van der Waals surface area (Å²) in [6, 6.07) is 4.56. The molecule has 0 spiro atoms. The first kappa shape index (κ1) is 10.5. The van der Waals surface area contributed by atoms with Gasteiger partial charge in [-0.05, 0) is 24.1 Å². The van der Waals surface area contributed by atoms with Crippen molar-refractivity contribution in [2.75, 3.05) is 0 Å². The van der Waals surface area contributed by atoms with Gasteiger partial charge in [-0.25, -0.2) is 0 Å². The zero-order chi connectivity index (χ0) is 11.5. The minimum atomic E-state index is -1.00. The van der Waals surface area contributed by atoms with Crippen molar-refractivity contribution in [2.45, 2.75) is 12.5 Å². The molecule has 16 heavy (non-hydrogen) atoms. The van der Waals surface area contributed by atoms with E-state index in [2.05, 4.69) is 9.97 Å². The molecule has 0 amide bonds. The number of nitrogens with zero attached hydrogens (tertiary/aromatic N) is 2. The second-order valence-electron chi connectivity index (χ2n) is 3.53. The molecule has 0 saturated carbocycles. The van der Waals surface area contributed by atoms with Gasteiger partial charge in [0.15, 0.2) is 0 Å². The zero-order valence-electron chi connectivity index (χ0n) is 8.50. The van der Waals surface area contributed by atoms with Gasteiger partial charge in [0.25, 0.3) is 0 Å². The molecule has 1 atom stereocenters. The lowest BCUT2D eigenvalue weighted by atomic mass is 10.1. The quantitative estimate of drug-likeness (QED) is 0.785. The number of fused-ring (bicyclic) bond motifs is 1. The van der Waals surface area contributed by atoms with E-state index in [9.17, 15) is 4.79 Å². The van der Waals surface area contributed by atoms with Crippen LogP contribution in [0.5, 0.6) is 0 Å².